The molecule has 60 heavy (non-hydrogen) atoms. The van der Waals surface area contributed by atoms with Gasteiger partial charge < -0.3 is 30.4 Å². The number of benzene rings is 2. The maximum Gasteiger partial charge on any atom is 0.225 e. The highest BCUT2D eigenvalue weighted by Gasteiger charge is 2.70. The molecule has 0 radical (unpaired) electrons. The number of rotatable bonds is 10. The molecule has 8 aliphatic carbocycles. The Morgan fingerprint density at radius 3 is 1.28 bits per heavy atom. The first kappa shape index (κ1) is 37.1. The standard InChI is InChI=1S/2C23H25FN6/c2*1-14-9-30(13-26-14)23-10-22(11-23,12-23)29-21-27-19-17(15-3-5-16(24)6-4-15)7-8-18(19)20(25-2)28-21/h2*3-6,9,13,17H,7-8,10-12H2,1-2H3,(H2,25,27,28,29)/t2*17-,22?,23?/m10/s1. The van der Waals surface area contributed by atoms with Crippen LogP contribution in [-0.2, 0) is 23.9 Å². The summed E-state index contributed by atoms with van der Waals surface area (Å²) in [5.74, 6) is 3.16. The summed E-state index contributed by atoms with van der Waals surface area (Å²) in [4.78, 5) is 28.3. The van der Waals surface area contributed by atoms with Gasteiger partial charge in [0.1, 0.15) is 23.3 Å². The third-order valence-corrected chi connectivity index (χ3v) is 14.4. The van der Waals surface area contributed by atoms with E-state index in [9.17, 15) is 8.78 Å². The molecule has 6 aromatic rings. The van der Waals surface area contributed by atoms with Gasteiger partial charge in [0, 0.05) is 60.5 Å². The van der Waals surface area contributed by atoms with E-state index >= 15 is 0 Å². The van der Waals surface area contributed by atoms with E-state index in [1.807, 2.05) is 64.9 Å². The number of nitrogens with zero attached hydrogens (tertiary/aromatic N) is 8. The average molecular weight is 809 g/mol. The lowest BCUT2D eigenvalue weighted by Gasteiger charge is -2.70. The molecule has 6 saturated carbocycles. The van der Waals surface area contributed by atoms with Gasteiger partial charge in [-0.15, -0.1) is 0 Å². The molecule has 0 amide bonds. The molecule has 4 heterocycles. The summed E-state index contributed by atoms with van der Waals surface area (Å²) in [6.07, 6.45) is 18.5. The van der Waals surface area contributed by atoms with Gasteiger partial charge in [0.05, 0.1) is 46.5 Å². The Hall–Kier alpha value is -5.92. The van der Waals surface area contributed by atoms with Crippen LogP contribution in [0.4, 0.5) is 32.3 Å². The van der Waals surface area contributed by atoms with E-state index < -0.39 is 0 Å². The third kappa shape index (κ3) is 5.88. The number of nitrogens with one attached hydrogen (secondary N) is 4. The molecule has 0 unspecified atom stereocenters. The topological polar surface area (TPSA) is 135 Å². The molecule has 4 aromatic heterocycles. The molecule has 6 fully saturated rings. The van der Waals surface area contributed by atoms with Crippen molar-refractivity contribution < 1.29 is 8.78 Å². The predicted octanol–water partition coefficient (Wildman–Crippen LogP) is 7.97. The number of halogens is 2. The van der Waals surface area contributed by atoms with Crippen molar-refractivity contribution in [2.24, 2.45) is 0 Å². The summed E-state index contributed by atoms with van der Waals surface area (Å²) in [5, 5.41) is 13.8. The largest absolute Gasteiger partial charge is 0.373 e. The van der Waals surface area contributed by atoms with Crippen molar-refractivity contribution in [1.82, 2.24) is 39.0 Å². The Bertz CT molecular complexity index is 2410. The van der Waals surface area contributed by atoms with E-state index in [-0.39, 0.29) is 45.6 Å². The summed E-state index contributed by atoms with van der Waals surface area (Å²) < 4.78 is 31.3. The van der Waals surface area contributed by atoms with Gasteiger partial charge in [-0.05, 0) is 113 Å². The highest BCUT2D eigenvalue weighted by atomic mass is 19.1. The lowest BCUT2D eigenvalue weighted by atomic mass is 9.44. The van der Waals surface area contributed by atoms with Gasteiger partial charge in [0.25, 0.3) is 0 Å². The lowest BCUT2D eigenvalue weighted by Crippen LogP contribution is -2.75. The number of aromatic nitrogens is 8. The van der Waals surface area contributed by atoms with Crippen LogP contribution in [0.25, 0.3) is 0 Å². The third-order valence-electron chi connectivity index (χ3n) is 14.4. The molecule has 0 spiro atoms. The van der Waals surface area contributed by atoms with Crippen LogP contribution in [0, 0.1) is 25.5 Å². The number of fused-ring (bicyclic) bond motifs is 2. The summed E-state index contributed by atoms with van der Waals surface area (Å²) in [6.45, 7) is 4.07. The zero-order chi connectivity index (χ0) is 41.0. The lowest BCUT2D eigenvalue weighted by molar-refractivity contribution is -0.101. The zero-order valence-corrected chi connectivity index (χ0v) is 34.5. The average Bonchev–Trinajstić information content (AvgIpc) is 4.01. The maximum absolute atomic E-state index is 13.4. The Morgan fingerprint density at radius 2 is 0.950 bits per heavy atom. The minimum Gasteiger partial charge on any atom is -0.373 e. The molecule has 2 atom stereocenters. The Labute approximate surface area is 348 Å². The van der Waals surface area contributed by atoms with Crippen molar-refractivity contribution >= 4 is 23.5 Å². The Kier molecular flexibility index (Phi) is 8.22. The van der Waals surface area contributed by atoms with Gasteiger partial charge in [-0.1, -0.05) is 24.3 Å². The van der Waals surface area contributed by atoms with Crippen molar-refractivity contribution in [1.29, 1.82) is 0 Å². The minimum atomic E-state index is -0.205. The summed E-state index contributed by atoms with van der Waals surface area (Å²) in [6, 6.07) is 13.6. The molecule has 14 heteroatoms. The fourth-order valence-electron chi connectivity index (χ4n) is 11.6. The van der Waals surface area contributed by atoms with E-state index in [1.165, 1.54) is 35.4 Å². The number of hydrogen-bond acceptors (Lipinski definition) is 10. The van der Waals surface area contributed by atoms with E-state index in [1.54, 1.807) is 0 Å². The maximum atomic E-state index is 13.4. The van der Waals surface area contributed by atoms with Crippen LogP contribution >= 0.6 is 0 Å². The van der Waals surface area contributed by atoms with Crippen LogP contribution in [0.3, 0.4) is 0 Å². The fourth-order valence-corrected chi connectivity index (χ4v) is 11.6. The monoisotopic (exact) mass is 808 g/mol. The van der Waals surface area contributed by atoms with E-state index in [4.69, 9.17) is 19.9 Å². The quantitative estimate of drug-likeness (QED) is 0.108. The molecule has 4 bridgehead atoms. The fraction of sp³-hybridized carbons (Fsp3) is 0.435. The first-order valence-electron chi connectivity index (χ1n) is 21.3. The summed E-state index contributed by atoms with van der Waals surface area (Å²) in [5.41, 5.74) is 9.45. The van der Waals surface area contributed by atoms with Crippen molar-refractivity contribution in [2.45, 2.75) is 112 Å². The molecule has 0 saturated heterocycles. The molecule has 2 aromatic carbocycles. The van der Waals surface area contributed by atoms with Gasteiger partial charge in [0.15, 0.2) is 0 Å². The van der Waals surface area contributed by atoms with E-state index in [2.05, 4.69) is 52.8 Å². The molecule has 4 N–H and O–H groups in total. The van der Waals surface area contributed by atoms with Crippen LogP contribution in [0.15, 0.2) is 73.6 Å². The van der Waals surface area contributed by atoms with Crippen molar-refractivity contribution in [3.63, 3.8) is 0 Å². The van der Waals surface area contributed by atoms with Gasteiger partial charge >= 0.3 is 0 Å². The summed E-state index contributed by atoms with van der Waals surface area (Å²) >= 11 is 0. The number of imidazole rings is 2. The van der Waals surface area contributed by atoms with Gasteiger partial charge in [-0.25, -0.2) is 28.7 Å². The molecule has 308 valence electrons. The zero-order valence-electron chi connectivity index (χ0n) is 34.5. The predicted molar refractivity (Wildman–Crippen MR) is 227 cm³/mol. The highest BCUT2D eigenvalue weighted by molar-refractivity contribution is 5.58. The Morgan fingerprint density at radius 1 is 0.567 bits per heavy atom. The number of aryl methyl sites for hydroxylation is 2. The van der Waals surface area contributed by atoms with Crippen LogP contribution in [0.1, 0.15) is 108 Å². The van der Waals surface area contributed by atoms with Gasteiger partial charge in [0.2, 0.25) is 11.9 Å². The van der Waals surface area contributed by atoms with Crippen LogP contribution in [-0.4, -0.2) is 64.2 Å². The highest BCUT2D eigenvalue weighted by Crippen LogP contribution is 2.67. The van der Waals surface area contributed by atoms with Crippen molar-refractivity contribution in [3.05, 3.63) is 130 Å². The number of anilines is 4. The van der Waals surface area contributed by atoms with E-state index in [0.29, 0.717) is 11.9 Å². The molecule has 12 nitrogen and oxygen atoms in total. The number of hydrogen-bond donors (Lipinski definition) is 4. The second-order valence-electron chi connectivity index (χ2n) is 18.5. The Balaban J connectivity index is 0.000000136. The van der Waals surface area contributed by atoms with Gasteiger partial charge in [-0.3, -0.25) is 0 Å². The van der Waals surface area contributed by atoms with Crippen molar-refractivity contribution in [3.8, 4) is 0 Å². The first-order valence-corrected chi connectivity index (χ1v) is 21.3. The molecule has 8 aliphatic rings. The smallest absolute Gasteiger partial charge is 0.225 e. The second-order valence-corrected chi connectivity index (χ2v) is 18.5. The van der Waals surface area contributed by atoms with Gasteiger partial charge in [-0.2, -0.15) is 9.97 Å². The molecule has 14 rings (SSSR count). The van der Waals surface area contributed by atoms with Crippen LogP contribution in [0.5, 0.6) is 0 Å². The SMILES string of the molecule is CNc1nc(NC23CC(n4cnc(C)c4)(C2)C3)nc2c1CC[C@@H]2c1ccc(F)cc1.CNc1nc(NC23CC(n4cnc(C)c4)(C2)C3)nc2c1CC[C@H]2c1ccc(F)cc1. The second kappa shape index (κ2) is 13.3. The first-order chi connectivity index (χ1) is 29.0. The molecule has 0 aliphatic heterocycles. The molecular weight excluding hydrogens is 759 g/mol. The van der Waals surface area contributed by atoms with E-state index in [0.717, 1.165) is 110 Å². The normalized spacial score (nSPS) is 28.4. The van der Waals surface area contributed by atoms with Crippen LogP contribution < -0.4 is 21.3 Å². The van der Waals surface area contributed by atoms with Crippen molar-refractivity contribution in [2.75, 3.05) is 35.4 Å². The molecular formula is C46H50F2N12. The van der Waals surface area contributed by atoms with Crippen LogP contribution in [0.2, 0.25) is 0 Å². The minimum absolute atomic E-state index is 0.0847. The summed E-state index contributed by atoms with van der Waals surface area (Å²) in [7, 11) is 3.82.